The highest BCUT2D eigenvalue weighted by atomic mass is 15.4. The fourth-order valence-corrected chi connectivity index (χ4v) is 3.62. The number of aryl methyl sites for hydroxylation is 1. The van der Waals surface area contributed by atoms with E-state index in [-0.39, 0.29) is 6.04 Å². The Morgan fingerprint density at radius 1 is 0.667 bits per heavy atom. The van der Waals surface area contributed by atoms with E-state index in [1.54, 1.807) is 0 Å². The molecule has 0 bridgehead atoms. The molecule has 148 valence electrons. The highest BCUT2D eigenvalue weighted by Gasteiger charge is 2.18. The quantitative estimate of drug-likeness (QED) is 0.299. The zero-order valence-electron chi connectivity index (χ0n) is 17.1. The van der Waals surface area contributed by atoms with Crippen LogP contribution in [0.1, 0.15) is 28.3 Å². The summed E-state index contributed by atoms with van der Waals surface area (Å²) < 4.78 is 0. The van der Waals surface area contributed by atoms with E-state index in [0.29, 0.717) is 0 Å². The molecular weight excluding hydrogens is 364 g/mol. The molecule has 0 amide bonds. The summed E-state index contributed by atoms with van der Waals surface area (Å²) in [5.74, 6) is 6.71. The normalized spacial score (nSPS) is 11.5. The van der Waals surface area contributed by atoms with E-state index < -0.39 is 0 Å². The molecule has 0 fully saturated rings. The number of nitrogens with two attached hydrogens (primary N) is 1. The van der Waals surface area contributed by atoms with Crippen molar-refractivity contribution in [3.8, 4) is 0 Å². The van der Waals surface area contributed by atoms with Crippen LogP contribution < -0.4 is 10.9 Å². The van der Waals surface area contributed by atoms with Crippen molar-refractivity contribution in [2.45, 2.75) is 13.0 Å². The SMILES string of the molecule is Cc1ccc(N(N)C(C=C(c2ccccc2)c2ccccc2)c2ccccc2)cc1. The Kier molecular flexibility index (Phi) is 6.07. The molecule has 0 spiro atoms. The Morgan fingerprint density at radius 2 is 1.13 bits per heavy atom. The van der Waals surface area contributed by atoms with E-state index in [1.807, 2.05) is 23.2 Å². The van der Waals surface area contributed by atoms with Gasteiger partial charge in [-0.2, -0.15) is 0 Å². The second-order valence-electron chi connectivity index (χ2n) is 7.41. The number of nitrogens with zero attached hydrogens (tertiary/aromatic N) is 1. The summed E-state index contributed by atoms with van der Waals surface area (Å²) in [6.45, 7) is 2.09. The number of hydrogen-bond acceptors (Lipinski definition) is 2. The molecule has 0 saturated carbocycles. The topological polar surface area (TPSA) is 29.3 Å². The van der Waals surface area contributed by atoms with Gasteiger partial charge >= 0.3 is 0 Å². The van der Waals surface area contributed by atoms with Crippen molar-refractivity contribution in [1.82, 2.24) is 0 Å². The Labute approximate surface area is 178 Å². The van der Waals surface area contributed by atoms with E-state index in [1.165, 1.54) is 16.7 Å². The Bertz CT molecular complexity index is 1040. The van der Waals surface area contributed by atoms with Gasteiger partial charge in [-0.3, -0.25) is 5.01 Å². The molecule has 0 heterocycles. The van der Waals surface area contributed by atoms with Crippen molar-refractivity contribution >= 4 is 11.3 Å². The summed E-state index contributed by atoms with van der Waals surface area (Å²) in [7, 11) is 0. The van der Waals surface area contributed by atoms with Gasteiger partial charge in [-0.25, -0.2) is 5.84 Å². The number of rotatable bonds is 6. The van der Waals surface area contributed by atoms with E-state index >= 15 is 0 Å². The van der Waals surface area contributed by atoms with Gasteiger partial charge in [0.05, 0.1) is 11.7 Å². The maximum absolute atomic E-state index is 6.71. The lowest BCUT2D eigenvalue weighted by atomic mass is 9.93. The highest BCUT2D eigenvalue weighted by molar-refractivity contribution is 5.80. The average Bonchev–Trinajstić information content (AvgIpc) is 2.81. The number of benzene rings is 4. The van der Waals surface area contributed by atoms with Crippen molar-refractivity contribution < 1.29 is 0 Å². The first-order chi connectivity index (χ1) is 14.7. The Balaban J connectivity index is 1.86. The van der Waals surface area contributed by atoms with Crippen molar-refractivity contribution in [2.75, 3.05) is 5.01 Å². The van der Waals surface area contributed by atoms with E-state index in [9.17, 15) is 0 Å². The fraction of sp³-hybridized carbons (Fsp3) is 0.0714. The summed E-state index contributed by atoms with van der Waals surface area (Å²) in [5.41, 5.74) is 6.83. The van der Waals surface area contributed by atoms with Gasteiger partial charge in [0.2, 0.25) is 0 Å². The van der Waals surface area contributed by atoms with Crippen LogP contribution in [0.3, 0.4) is 0 Å². The van der Waals surface area contributed by atoms with Gasteiger partial charge in [-0.1, -0.05) is 109 Å². The monoisotopic (exact) mass is 390 g/mol. The molecule has 0 aliphatic heterocycles. The zero-order chi connectivity index (χ0) is 20.8. The van der Waals surface area contributed by atoms with Crippen LogP contribution in [0.15, 0.2) is 121 Å². The average molecular weight is 391 g/mol. The first-order valence-electron chi connectivity index (χ1n) is 10.2. The summed E-state index contributed by atoms with van der Waals surface area (Å²) in [6.07, 6.45) is 2.26. The predicted molar refractivity (Wildman–Crippen MR) is 127 cm³/mol. The van der Waals surface area contributed by atoms with Crippen molar-refractivity contribution in [1.29, 1.82) is 0 Å². The minimum Gasteiger partial charge on any atom is -0.300 e. The molecule has 2 N–H and O–H groups in total. The first-order valence-corrected chi connectivity index (χ1v) is 10.2. The van der Waals surface area contributed by atoms with E-state index in [4.69, 9.17) is 5.84 Å². The first kappa shape index (κ1) is 19.7. The molecule has 1 unspecified atom stereocenters. The van der Waals surface area contributed by atoms with Gasteiger partial charge in [-0.05, 0) is 47.4 Å². The smallest absolute Gasteiger partial charge is 0.0892 e. The summed E-state index contributed by atoms with van der Waals surface area (Å²) >= 11 is 0. The van der Waals surface area contributed by atoms with Crippen LogP contribution in [-0.4, -0.2) is 0 Å². The molecule has 4 aromatic carbocycles. The van der Waals surface area contributed by atoms with Crippen molar-refractivity contribution in [3.05, 3.63) is 144 Å². The molecule has 4 aromatic rings. The standard InChI is InChI=1S/C28H26N2/c1-22-17-19-26(20-18-22)30(29)28(25-15-9-4-10-16-25)21-27(23-11-5-2-6-12-23)24-13-7-3-8-14-24/h2-21,28H,29H2,1H3. The van der Waals surface area contributed by atoms with Gasteiger partial charge in [0.15, 0.2) is 0 Å². The zero-order valence-corrected chi connectivity index (χ0v) is 17.1. The number of hydrazine groups is 1. The van der Waals surface area contributed by atoms with Crippen LogP contribution in [0, 0.1) is 6.92 Å². The minimum absolute atomic E-state index is 0.121. The lowest BCUT2D eigenvalue weighted by Crippen LogP contribution is -2.34. The summed E-state index contributed by atoms with van der Waals surface area (Å²) in [4.78, 5) is 0. The molecule has 0 aliphatic carbocycles. The van der Waals surface area contributed by atoms with Crippen LogP contribution in [0.25, 0.3) is 5.57 Å². The van der Waals surface area contributed by atoms with Crippen LogP contribution in [-0.2, 0) is 0 Å². The van der Waals surface area contributed by atoms with Gasteiger partial charge in [0.25, 0.3) is 0 Å². The van der Waals surface area contributed by atoms with Crippen LogP contribution >= 0.6 is 0 Å². The van der Waals surface area contributed by atoms with Crippen molar-refractivity contribution in [3.63, 3.8) is 0 Å². The van der Waals surface area contributed by atoms with Gasteiger partial charge in [0, 0.05) is 0 Å². The third-order valence-corrected chi connectivity index (χ3v) is 5.27. The molecule has 2 nitrogen and oxygen atoms in total. The molecule has 0 aliphatic rings. The van der Waals surface area contributed by atoms with Crippen LogP contribution in [0.4, 0.5) is 5.69 Å². The van der Waals surface area contributed by atoms with Gasteiger partial charge < -0.3 is 0 Å². The second kappa shape index (κ2) is 9.25. The third-order valence-electron chi connectivity index (χ3n) is 5.27. The Hall–Kier alpha value is -3.62. The number of hydrogen-bond donors (Lipinski definition) is 1. The van der Waals surface area contributed by atoms with E-state index in [2.05, 4.69) is 110 Å². The van der Waals surface area contributed by atoms with E-state index in [0.717, 1.165) is 16.8 Å². The largest absolute Gasteiger partial charge is 0.300 e. The maximum Gasteiger partial charge on any atom is 0.0892 e. The third kappa shape index (κ3) is 4.51. The van der Waals surface area contributed by atoms with Crippen LogP contribution in [0.2, 0.25) is 0 Å². The minimum atomic E-state index is -0.121. The molecule has 2 heteroatoms. The second-order valence-corrected chi connectivity index (χ2v) is 7.41. The predicted octanol–water partition coefficient (Wildman–Crippen LogP) is 6.55. The summed E-state index contributed by atoms with van der Waals surface area (Å²) in [5, 5.41) is 1.85. The molecule has 0 radical (unpaired) electrons. The molecule has 0 saturated heterocycles. The number of anilines is 1. The molecular formula is C28H26N2. The maximum atomic E-state index is 6.71. The highest BCUT2D eigenvalue weighted by Crippen LogP contribution is 2.32. The van der Waals surface area contributed by atoms with Crippen LogP contribution in [0.5, 0.6) is 0 Å². The van der Waals surface area contributed by atoms with Gasteiger partial charge in [0.1, 0.15) is 0 Å². The molecule has 0 aromatic heterocycles. The summed E-state index contributed by atoms with van der Waals surface area (Å²) in [6, 6.07) is 39.6. The fourth-order valence-electron chi connectivity index (χ4n) is 3.62. The van der Waals surface area contributed by atoms with Gasteiger partial charge in [-0.15, -0.1) is 0 Å². The Morgan fingerprint density at radius 3 is 1.63 bits per heavy atom. The molecule has 4 rings (SSSR count). The lowest BCUT2D eigenvalue weighted by Gasteiger charge is -2.29. The van der Waals surface area contributed by atoms with Crippen molar-refractivity contribution in [2.24, 2.45) is 5.84 Å². The molecule has 1 atom stereocenters. The molecule has 30 heavy (non-hydrogen) atoms. The lowest BCUT2D eigenvalue weighted by molar-refractivity contribution is 0.759.